The van der Waals surface area contributed by atoms with E-state index in [0.29, 0.717) is 12.8 Å². The van der Waals surface area contributed by atoms with Crippen LogP contribution in [0.1, 0.15) is 12.8 Å². The molecular weight excluding hydrogens is 720 g/mol. The smallest absolute Gasteiger partial charge is 0.109 e. The molecule has 2 aliphatic rings. The van der Waals surface area contributed by atoms with Crippen molar-refractivity contribution in [2.75, 3.05) is 13.2 Å². The lowest BCUT2D eigenvalue weighted by Gasteiger charge is -2.43. The van der Waals surface area contributed by atoms with Gasteiger partial charge in [-0.1, -0.05) is 108 Å². The Balaban J connectivity index is 2.38. The lowest BCUT2D eigenvalue weighted by atomic mass is 9.91. The van der Waals surface area contributed by atoms with Gasteiger partial charge < -0.3 is 14.9 Å². The third-order valence-corrected chi connectivity index (χ3v) is 8.23. The van der Waals surface area contributed by atoms with Crippen molar-refractivity contribution in [2.24, 2.45) is 0 Å². The maximum Gasteiger partial charge on any atom is 0.109 e. The van der Waals surface area contributed by atoms with Crippen molar-refractivity contribution in [3.63, 3.8) is 0 Å². The molecule has 4 atom stereocenters. The summed E-state index contributed by atoms with van der Waals surface area (Å²) in [4.78, 5) is 0. The molecule has 0 saturated carbocycles. The molecule has 3 nitrogen and oxygen atoms in total. The Morgan fingerprint density at radius 1 is 0.800 bits per heavy atom. The van der Waals surface area contributed by atoms with E-state index >= 15 is 0 Å². The molecule has 0 heterocycles. The van der Waals surface area contributed by atoms with Gasteiger partial charge in [0.25, 0.3) is 0 Å². The number of allylic oxidation sites excluding steroid dienone is 4. The third-order valence-electron chi connectivity index (χ3n) is 3.94. The predicted molar refractivity (Wildman–Crippen MR) is 123 cm³/mol. The van der Waals surface area contributed by atoms with Gasteiger partial charge in [-0.2, -0.15) is 0 Å². The van der Waals surface area contributed by atoms with Gasteiger partial charge in [-0.15, -0.1) is 0 Å². The fourth-order valence-electron chi connectivity index (χ4n) is 2.81. The molecule has 2 rings (SSSR count). The molecule has 0 saturated heterocycles. The lowest BCUT2D eigenvalue weighted by Crippen LogP contribution is -2.48. The van der Waals surface area contributed by atoms with Crippen LogP contribution in [0.25, 0.3) is 0 Å². The fraction of sp³-hybridized carbons (Fsp3) is 0.500. The van der Waals surface area contributed by atoms with Crippen LogP contribution in [0.15, 0.2) is 42.2 Å². The first-order valence-corrected chi connectivity index (χ1v) is 12.2. The minimum atomic E-state index is -0.563. The number of hydrogen-bond acceptors (Lipinski definition) is 3. The second-order valence-corrected chi connectivity index (χ2v) is 12.4. The van der Waals surface area contributed by atoms with Gasteiger partial charge >= 0.3 is 0 Å². The fourth-order valence-corrected chi connectivity index (χ4v) is 9.04. The number of rotatable bonds is 6. The summed E-state index contributed by atoms with van der Waals surface area (Å²) in [6, 6.07) is 0. The lowest BCUT2D eigenvalue weighted by molar-refractivity contribution is 0.00488. The van der Waals surface area contributed by atoms with E-state index in [9.17, 15) is 10.2 Å². The van der Waals surface area contributed by atoms with E-state index in [-0.39, 0.29) is 25.4 Å². The van der Waals surface area contributed by atoms with E-state index in [4.69, 9.17) is 4.74 Å². The summed E-state index contributed by atoms with van der Waals surface area (Å²) in [5.74, 6) is 0. The van der Waals surface area contributed by atoms with Gasteiger partial charge in [0.05, 0.1) is 8.65 Å². The van der Waals surface area contributed by atoms with Crippen LogP contribution in [0, 0.1) is 0 Å². The highest BCUT2D eigenvalue weighted by Gasteiger charge is 2.46. The van der Waals surface area contributed by atoms with E-state index in [1.165, 1.54) is 0 Å². The van der Waals surface area contributed by atoms with Crippen LogP contribution in [-0.4, -0.2) is 44.3 Å². The van der Waals surface area contributed by atoms with Crippen molar-refractivity contribution in [1.29, 1.82) is 0 Å². The molecule has 0 aromatic carbocycles. The Bertz CT molecular complexity index is 590. The van der Waals surface area contributed by atoms with Crippen LogP contribution >= 0.6 is 95.6 Å². The molecule has 0 aromatic heterocycles. The second kappa shape index (κ2) is 9.48. The van der Waals surface area contributed by atoms with Gasteiger partial charge in [-0.3, -0.25) is 0 Å². The Labute approximate surface area is 197 Å². The topological polar surface area (TPSA) is 49.7 Å². The average molecular weight is 736 g/mol. The van der Waals surface area contributed by atoms with Crippen molar-refractivity contribution in [2.45, 2.75) is 33.7 Å². The number of aliphatic hydroxyl groups is 2. The summed E-state index contributed by atoms with van der Waals surface area (Å²) in [7, 11) is 0. The van der Waals surface area contributed by atoms with Crippen LogP contribution < -0.4 is 0 Å². The zero-order valence-corrected chi connectivity index (χ0v) is 22.4. The number of aliphatic hydroxyl groups excluding tert-OH is 2. The van der Waals surface area contributed by atoms with E-state index < -0.39 is 8.65 Å². The summed E-state index contributed by atoms with van der Waals surface area (Å²) in [5.41, 5.74) is 0. The van der Waals surface area contributed by atoms with Crippen LogP contribution in [0.4, 0.5) is 0 Å². The summed E-state index contributed by atoms with van der Waals surface area (Å²) in [6.45, 7) is 0.0385. The van der Waals surface area contributed by atoms with Crippen LogP contribution in [-0.2, 0) is 4.74 Å². The molecule has 9 heteroatoms. The van der Waals surface area contributed by atoms with Gasteiger partial charge in [-0.05, 0) is 25.0 Å². The van der Waals surface area contributed by atoms with Crippen molar-refractivity contribution in [1.82, 2.24) is 0 Å². The Morgan fingerprint density at radius 2 is 1.16 bits per heavy atom. The standard InChI is InChI=1S/C16H16Br6O3/c17-9-5-11(19)13(15(21,7-9)1-3-23)25-14-12(20)6-10(18)8-16(14,22)2-4-24/h5-8,13-14,23-24H,1-4H2. The molecule has 0 spiro atoms. The van der Waals surface area contributed by atoms with Gasteiger partial charge in [0, 0.05) is 31.1 Å². The van der Waals surface area contributed by atoms with Gasteiger partial charge in [0.2, 0.25) is 0 Å². The van der Waals surface area contributed by atoms with E-state index in [2.05, 4.69) is 95.6 Å². The van der Waals surface area contributed by atoms with Gasteiger partial charge in [-0.25, -0.2) is 0 Å². The normalized spacial score (nSPS) is 35.7. The number of ether oxygens (including phenoxy) is 1. The first-order valence-electron chi connectivity index (χ1n) is 7.41. The van der Waals surface area contributed by atoms with Crippen molar-refractivity contribution in [3.8, 4) is 0 Å². The molecule has 4 unspecified atom stereocenters. The molecule has 2 N–H and O–H groups in total. The maximum absolute atomic E-state index is 9.51. The second-order valence-electron chi connectivity index (χ2n) is 5.81. The van der Waals surface area contributed by atoms with E-state index in [1.807, 2.05) is 24.3 Å². The number of alkyl halides is 2. The van der Waals surface area contributed by atoms with Crippen molar-refractivity contribution >= 4 is 95.6 Å². The van der Waals surface area contributed by atoms with Crippen molar-refractivity contribution < 1.29 is 14.9 Å². The zero-order chi connectivity index (χ0) is 18.8. The molecule has 0 fully saturated rings. The molecule has 0 bridgehead atoms. The van der Waals surface area contributed by atoms with E-state index in [0.717, 1.165) is 17.9 Å². The molecular formula is C16H16Br6O3. The highest BCUT2D eigenvalue weighted by Crippen LogP contribution is 2.48. The monoisotopic (exact) mass is 730 g/mol. The summed E-state index contributed by atoms with van der Waals surface area (Å²) >= 11 is 21.7. The Hall–Kier alpha value is 1.72. The molecule has 25 heavy (non-hydrogen) atoms. The molecule has 2 aliphatic carbocycles. The predicted octanol–water partition coefficient (Wildman–Crippen LogP) is 5.91. The zero-order valence-electron chi connectivity index (χ0n) is 12.9. The van der Waals surface area contributed by atoms with Crippen LogP contribution in [0.2, 0.25) is 0 Å². The maximum atomic E-state index is 9.51. The van der Waals surface area contributed by atoms with Crippen molar-refractivity contribution in [3.05, 3.63) is 42.2 Å². The van der Waals surface area contributed by atoms with Crippen LogP contribution in [0.3, 0.4) is 0 Å². The SMILES string of the molecule is OCCC1(Br)C=C(Br)C=C(Br)C1OC1C(Br)=CC(Br)=CC1(Br)CCO. The molecule has 0 aromatic rings. The molecule has 0 radical (unpaired) electrons. The highest BCUT2D eigenvalue weighted by molar-refractivity contribution is 9.13. The first kappa shape index (κ1) is 23.0. The average Bonchev–Trinajstić information content (AvgIpc) is 2.44. The highest BCUT2D eigenvalue weighted by atomic mass is 79.9. The minimum Gasteiger partial charge on any atom is -0.396 e. The summed E-state index contributed by atoms with van der Waals surface area (Å²) < 4.78 is 8.93. The largest absolute Gasteiger partial charge is 0.396 e. The molecule has 140 valence electrons. The number of hydrogen-bond donors (Lipinski definition) is 2. The van der Waals surface area contributed by atoms with Crippen LogP contribution in [0.5, 0.6) is 0 Å². The summed E-state index contributed by atoms with van der Waals surface area (Å²) in [6.07, 6.45) is 8.13. The molecule has 0 amide bonds. The van der Waals surface area contributed by atoms with Gasteiger partial charge in [0.1, 0.15) is 12.2 Å². The Kier molecular flexibility index (Phi) is 8.72. The quantitative estimate of drug-likeness (QED) is 0.334. The molecule has 0 aliphatic heterocycles. The summed E-state index contributed by atoms with van der Waals surface area (Å²) in [5, 5.41) is 19.0. The first-order chi connectivity index (χ1) is 11.6. The minimum absolute atomic E-state index is 0.0192. The third kappa shape index (κ3) is 5.41. The van der Waals surface area contributed by atoms with Gasteiger partial charge in [0.15, 0.2) is 0 Å². The van der Waals surface area contributed by atoms with E-state index in [1.54, 1.807) is 0 Å². The Morgan fingerprint density at radius 3 is 1.48 bits per heavy atom. The number of halogens is 6.